The number of aliphatic hydroxyl groups excluding tert-OH is 2. The summed E-state index contributed by atoms with van der Waals surface area (Å²) in [6.45, 7) is -0.0848. The van der Waals surface area contributed by atoms with E-state index in [4.69, 9.17) is 9.47 Å². The van der Waals surface area contributed by atoms with Gasteiger partial charge < -0.3 is 29.9 Å². The van der Waals surface area contributed by atoms with E-state index in [9.17, 15) is 20.4 Å². The van der Waals surface area contributed by atoms with E-state index in [0.29, 0.717) is 29.9 Å². The summed E-state index contributed by atoms with van der Waals surface area (Å²) in [5.41, 5.74) is 2.17. The average Bonchev–Trinajstić information content (AvgIpc) is 2.76. The van der Waals surface area contributed by atoms with E-state index >= 15 is 0 Å². The molecule has 0 fully saturated rings. The molecule has 1 aliphatic carbocycles. The second kappa shape index (κ2) is 7.43. The number of fused-ring (bicyclic) bond motifs is 2. The lowest BCUT2D eigenvalue weighted by molar-refractivity contribution is 0.0485. The lowest BCUT2D eigenvalue weighted by Gasteiger charge is -2.28. The van der Waals surface area contributed by atoms with Crippen LogP contribution in [0.4, 0.5) is 0 Å². The first-order valence-electron chi connectivity index (χ1n) is 8.53. The molecule has 2 aromatic rings. The van der Waals surface area contributed by atoms with E-state index in [1.165, 1.54) is 14.2 Å². The van der Waals surface area contributed by atoms with Gasteiger partial charge in [-0.05, 0) is 60.1 Å². The molecule has 1 aliphatic rings. The maximum Gasteiger partial charge on any atom is 0.163 e. The molecule has 26 heavy (non-hydrogen) atoms. The largest absolute Gasteiger partial charge is 0.504 e. The van der Waals surface area contributed by atoms with Crippen LogP contribution in [0.15, 0.2) is 30.3 Å². The predicted octanol–water partition coefficient (Wildman–Crippen LogP) is 2.17. The van der Waals surface area contributed by atoms with Crippen LogP contribution in [0.1, 0.15) is 22.8 Å². The summed E-state index contributed by atoms with van der Waals surface area (Å²) in [4.78, 5) is 0. The Labute approximate surface area is 152 Å². The third-order valence-electron chi connectivity index (χ3n) is 5.16. The zero-order valence-electron chi connectivity index (χ0n) is 14.8. The number of hydrogen-bond acceptors (Lipinski definition) is 6. The molecule has 4 N–H and O–H groups in total. The Morgan fingerprint density at radius 2 is 1.77 bits per heavy atom. The first kappa shape index (κ1) is 18.4. The van der Waals surface area contributed by atoms with Gasteiger partial charge in [-0.15, -0.1) is 0 Å². The van der Waals surface area contributed by atoms with Crippen LogP contribution in [-0.2, 0) is 12.8 Å². The molecule has 0 aromatic heterocycles. The molecule has 3 rings (SSSR count). The quantitative estimate of drug-likeness (QED) is 0.652. The number of hydrogen-bond donors (Lipinski definition) is 4. The second-order valence-electron chi connectivity index (χ2n) is 6.70. The molecule has 2 bridgehead atoms. The number of rotatable bonds is 5. The molecule has 0 aliphatic heterocycles. The van der Waals surface area contributed by atoms with Gasteiger partial charge in [-0.1, -0.05) is 6.07 Å². The summed E-state index contributed by atoms with van der Waals surface area (Å²) in [5.74, 6) is 0.149. The highest BCUT2D eigenvalue weighted by Gasteiger charge is 2.35. The van der Waals surface area contributed by atoms with Gasteiger partial charge >= 0.3 is 0 Å². The Bertz CT molecular complexity index is 788. The molecule has 0 spiro atoms. The summed E-state index contributed by atoms with van der Waals surface area (Å²) < 4.78 is 10.4. The van der Waals surface area contributed by atoms with Crippen molar-refractivity contribution in [2.24, 2.45) is 11.8 Å². The maximum absolute atomic E-state index is 11.0. The molecular formula is C20H24O6. The number of phenols is 2. The molecule has 6 heteroatoms. The van der Waals surface area contributed by atoms with Gasteiger partial charge in [0.05, 0.1) is 20.3 Å². The molecule has 0 amide bonds. The van der Waals surface area contributed by atoms with Crippen LogP contribution in [0.5, 0.6) is 23.0 Å². The second-order valence-corrected chi connectivity index (χ2v) is 6.70. The van der Waals surface area contributed by atoms with Crippen molar-refractivity contribution in [1.29, 1.82) is 0 Å². The van der Waals surface area contributed by atoms with Crippen molar-refractivity contribution >= 4 is 0 Å². The van der Waals surface area contributed by atoms with Crippen molar-refractivity contribution in [2.45, 2.75) is 18.9 Å². The van der Waals surface area contributed by atoms with Crippen molar-refractivity contribution in [3.8, 4) is 23.0 Å². The van der Waals surface area contributed by atoms with Gasteiger partial charge in [-0.25, -0.2) is 0 Å². The van der Waals surface area contributed by atoms with Gasteiger partial charge in [0.25, 0.3) is 0 Å². The summed E-state index contributed by atoms with van der Waals surface area (Å²) in [6, 6.07) is 8.53. The summed E-state index contributed by atoms with van der Waals surface area (Å²) >= 11 is 0. The lowest BCUT2D eigenvalue weighted by Crippen LogP contribution is -2.27. The van der Waals surface area contributed by atoms with Gasteiger partial charge in [-0.3, -0.25) is 0 Å². The Morgan fingerprint density at radius 1 is 1.04 bits per heavy atom. The highest BCUT2D eigenvalue weighted by molar-refractivity contribution is 5.51. The Morgan fingerprint density at radius 3 is 2.42 bits per heavy atom. The topological polar surface area (TPSA) is 99.4 Å². The Hall–Kier alpha value is -2.44. The molecule has 140 valence electrons. The Balaban J connectivity index is 1.97. The number of aliphatic hydroxyl groups is 2. The van der Waals surface area contributed by atoms with Crippen LogP contribution < -0.4 is 9.47 Å². The fourth-order valence-electron chi connectivity index (χ4n) is 3.73. The van der Waals surface area contributed by atoms with Crippen molar-refractivity contribution < 1.29 is 29.9 Å². The molecule has 2 aromatic carbocycles. The van der Waals surface area contributed by atoms with E-state index in [2.05, 4.69) is 0 Å². The van der Waals surface area contributed by atoms with Crippen LogP contribution in [0.25, 0.3) is 0 Å². The highest BCUT2D eigenvalue weighted by Crippen LogP contribution is 2.44. The van der Waals surface area contributed by atoms with E-state index in [0.717, 1.165) is 11.1 Å². The SMILES string of the molecule is COc1cc(CC2C(CO)Cc3cc(OC)c(O)c(c3)C2O)ccc1O. The zero-order chi connectivity index (χ0) is 18.8. The van der Waals surface area contributed by atoms with Crippen LogP contribution in [0.2, 0.25) is 0 Å². The molecule has 0 heterocycles. The minimum absolute atomic E-state index is 0.0467. The standard InChI is InChI=1S/C20H24O6/c1-25-17-8-11(3-4-16(17)22)6-14-13(10-21)5-12-7-15(19(14)23)20(24)18(9-12)26-2/h3-4,7-9,13-14,19,21-24H,5-6,10H2,1-2H3. The smallest absolute Gasteiger partial charge is 0.163 e. The minimum Gasteiger partial charge on any atom is -0.504 e. The maximum atomic E-state index is 11.0. The number of ether oxygens (including phenoxy) is 2. The Kier molecular flexibility index (Phi) is 5.25. The van der Waals surface area contributed by atoms with Gasteiger partial charge in [0.1, 0.15) is 0 Å². The first-order valence-corrected chi connectivity index (χ1v) is 8.53. The van der Waals surface area contributed by atoms with Crippen LogP contribution in [0.3, 0.4) is 0 Å². The first-order chi connectivity index (χ1) is 12.5. The lowest BCUT2D eigenvalue weighted by atomic mass is 9.80. The molecular weight excluding hydrogens is 336 g/mol. The number of phenolic OH excluding ortho intramolecular Hbond substituents is 2. The van der Waals surface area contributed by atoms with Gasteiger partial charge in [0, 0.05) is 12.2 Å². The number of aromatic hydroxyl groups is 2. The third kappa shape index (κ3) is 3.30. The fourth-order valence-corrected chi connectivity index (χ4v) is 3.73. The predicted molar refractivity (Wildman–Crippen MR) is 95.8 cm³/mol. The number of methoxy groups -OCH3 is 2. The molecule has 0 saturated carbocycles. The fraction of sp³-hybridized carbons (Fsp3) is 0.400. The van der Waals surface area contributed by atoms with Crippen molar-refractivity contribution in [3.63, 3.8) is 0 Å². The summed E-state index contributed by atoms with van der Waals surface area (Å²) in [5, 5.41) is 41.0. The zero-order valence-corrected chi connectivity index (χ0v) is 14.8. The highest BCUT2D eigenvalue weighted by atomic mass is 16.5. The van der Waals surface area contributed by atoms with Crippen molar-refractivity contribution in [2.75, 3.05) is 20.8 Å². The average molecular weight is 360 g/mol. The third-order valence-corrected chi connectivity index (χ3v) is 5.16. The van der Waals surface area contributed by atoms with Crippen molar-refractivity contribution in [3.05, 3.63) is 47.0 Å². The molecule has 0 saturated heterocycles. The van der Waals surface area contributed by atoms with Gasteiger partial charge in [-0.2, -0.15) is 0 Å². The van der Waals surface area contributed by atoms with Crippen LogP contribution >= 0.6 is 0 Å². The number of benzene rings is 2. The monoisotopic (exact) mass is 360 g/mol. The normalized spacial score (nSPS) is 21.9. The molecule has 6 nitrogen and oxygen atoms in total. The van der Waals surface area contributed by atoms with E-state index < -0.39 is 6.10 Å². The molecule has 0 radical (unpaired) electrons. The van der Waals surface area contributed by atoms with E-state index in [1.807, 2.05) is 0 Å². The van der Waals surface area contributed by atoms with Gasteiger partial charge in [0.2, 0.25) is 0 Å². The minimum atomic E-state index is -0.955. The van der Waals surface area contributed by atoms with Crippen molar-refractivity contribution in [1.82, 2.24) is 0 Å². The van der Waals surface area contributed by atoms with Gasteiger partial charge in [0.15, 0.2) is 23.0 Å². The summed E-state index contributed by atoms with van der Waals surface area (Å²) in [6.07, 6.45) is 0.0728. The van der Waals surface area contributed by atoms with E-state index in [1.54, 1.807) is 30.3 Å². The van der Waals surface area contributed by atoms with Crippen LogP contribution in [-0.4, -0.2) is 41.3 Å². The molecule has 3 atom stereocenters. The van der Waals surface area contributed by atoms with Crippen LogP contribution in [0, 0.1) is 11.8 Å². The summed E-state index contributed by atoms with van der Waals surface area (Å²) in [7, 11) is 2.95. The molecule has 3 unspecified atom stereocenters. The van der Waals surface area contributed by atoms with E-state index in [-0.39, 0.29) is 29.9 Å².